The Morgan fingerprint density at radius 2 is 2.05 bits per heavy atom. The summed E-state index contributed by atoms with van der Waals surface area (Å²) in [4.78, 5) is 14.1. The minimum atomic E-state index is -0.401. The van der Waals surface area contributed by atoms with E-state index in [1.165, 1.54) is 16.3 Å². The molecule has 0 unspecified atom stereocenters. The Bertz CT molecular complexity index is 650. The second-order valence-electron chi connectivity index (χ2n) is 6.00. The van der Waals surface area contributed by atoms with Crippen LogP contribution in [0.1, 0.15) is 25.3 Å². The standard InChI is InChI=1S/C18H22N2O/c1-13(19)18(21)20-10-4-7-17(20)12-14-8-9-15-5-2-3-6-16(15)11-14/h2-3,5-6,8-9,11,13,17H,4,7,10,12,19H2,1H3/t13-,17-/m0/s1. The van der Waals surface area contributed by atoms with E-state index >= 15 is 0 Å². The molecule has 1 fully saturated rings. The molecule has 0 spiro atoms. The molecule has 110 valence electrons. The molecule has 2 aromatic carbocycles. The summed E-state index contributed by atoms with van der Waals surface area (Å²) < 4.78 is 0. The number of hydrogen-bond donors (Lipinski definition) is 1. The quantitative estimate of drug-likeness (QED) is 0.941. The number of carbonyl (C=O) groups excluding carboxylic acids is 1. The summed E-state index contributed by atoms with van der Waals surface area (Å²) in [6, 6.07) is 14.9. The number of fused-ring (bicyclic) bond motifs is 1. The van der Waals surface area contributed by atoms with Crippen LogP contribution in [0.3, 0.4) is 0 Å². The molecule has 1 amide bonds. The minimum absolute atomic E-state index is 0.0817. The molecular formula is C18H22N2O. The predicted molar refractivity (Wildman–Crippen MR) is 86.0 cm³/mol. The highest BCUT2D eigenvalue weighted by Crippen LogP contribution is 2.24. The molecule has 2 aromatic rings. The first kappa shape index (κ1) is 14.1. The molecular weight excluding hydrogens is 260 g/mol. The van der Waals surface area contributed by atoms with Crippen molar-refractivity contribution in [3.63, 3.8) is 0 Å². The largest absolute Gasteiger partial charge is 0.338 e. The molecule has 21 heavy (non-hydrogen) atoms. The van der Waals surface area contributed by atoms with E-state index in [4.69, 9.17) is 5.73 Å². The number of nitrogens with zero attached hydrogens (tertiary/aromatic N) is 1. The van der Waals surface area contributed by atoms with Gasteiger partial charge in [0.15, 0.2) is 0 Å². The Balaban J connectivity index is 1.79. The fourth-order valence-electron chi connectivity index (χ4n) is 3.24. The maximum absolute atomic E-state index is 12.2. The molecule has 0 aromatic heterocycles. The van der Waals surface area contributed by atoms with Gasteiger partial charge in [0.2, 0.25) is 5.91 Å². The highest BCUT2D eigenvalue weighted by Gasteiger charge is 2.30. The molecule has 0 aliphatic carbocycles. The van der Waals surface area contributed by atoms with Gasteiger partial charge in [-0.15, -0.1) is 0 Å². The lowest BCUT2D eigenvalue weighted by molar-refractivity contribution is -0.132. The molecule has 3 rings (SSSR count). The zero-order chi connectivity index (χ0) is 14.8. The van der Waals surface area contributed by atoms with Crippen molar-refractivity contribution in [2.45, 2.75) is 38.3 Å². The molecule has 1 saturated heterocycles. The van der Waals surface area contributed by atoms with E-state index in [0.717, 1.165) is 25.8 Å². The van der Waals surface area contributed by atoms with Gasteiger partial charge in [0.1, 0.15) is 0 Å². The van der Waals surface area contributed by atoms with Gasteiger partial charge in [-0.25, -0.2) is 0 Å². The average molecular weight is 282 g/mol. The molecule has 2 N–H and O–H groups in total. The van der Waals surface area contributed by atoms with Crippen molar-refractivity contribution in [1.82, 2.24) is 4.90 Å². The van der Waals surface area contributed by atoms with Crippen LogP contribution in [0.25, 0.3) is 10.8 Å². The summed E-state index contributed by atoms with van der Waals surface area (Å²) in [5.74, 6) is 0.0817. The van der Waals surface area contributed by atoms with Gasteiger partial charge in [-0.05, 0) is 42.5 Å². The van der Waals surface area contributed by atoms with Gasteiger partial charge in [-0.1, -0.05) is 42.5 Å². The summed E-state index contributed by atoms with van der Waals surface area (Å²) in [6.45, 7) is 2.62. The number of hydrogen-bond acceptors (Lipinski definition) is 2. The van der Waals surface area contributed by atoms with E-state index in [1.807, 2.05) is 4.90 Å². The fourth-order valence-corrected chi connectivity index (χ4v) is 3.24. The first-order chi connectivity index (χ1) is 10.1. The molecule has 3 nitrogen and oxygen atoms in total. The van der Waals surface area contributed by atoms with Crippen LogP contribution in [0.2, 0.25) is 0 Å². The third kappa shape index (κ3) is 2.93. The molecule has 0 radical (unpaired) electrons. The molecule has 2 atom stereocenters. The Morgan fingerprint density at radius 3 is 2.81 bits per heavy atom. The summed E-state index contributed by atoms with van der Waals surface area (Å²) in [6.07, 6.45) is 3.07. The van der Waals surface area contributed by atoms with Gasteiger partial charge in [0.05, 0.1) is 6.04 Å². The van der Waals surface area contributed by atoms with Gasteiger partial charge >= 0.3 is 0 Å². The van der Waals surface area contributed by atoms with Crippen molar-refractivity contribution in [1.29, 1.82) is 0 Å². The van der Waals surface area contributed by atoms with E-state index in [2.05, 4.69) is 42.5 Å². The smallest absolute Gasteiger partial charge is 0.239 e. The highest BCUT2D eigenvalue weighted by atomic mass is 16.2. The van der Waals surface area contributed by atoms with Gasteiger partial charge < -0.3 is 10.6 Å². The van der Waals surface area contributed by atoms with Crippen LogP contribution in [0.5, 0.6) is 0 Å². The van der Waals surface area contributed by atoms with Crippen LogP contribution in [0.4, 0.5) is 0 Å². The van der Waals surface area contributed by atoms with Crippen LogP contribution < -0.4 is 5.73 Å². The monoisotopic (exact) mass is 282 g/mol. The number of benzene rings is 2. The predicted octanol–water partition coefficient (Wildman–Crippen LogP) is 2.72. The summed E-state index contributed by atoms with van der Waals surface area (Å²) in [7, 11) is 0. The zero-order valence-electron chi connectivity index (χ0n) is 12.5. The van der Waals surface area contributed by atoms with Gasteiger partial charge in [0, 0.05) is 12.6 Å². The summed E-state index contributed by atoms with van der Waals surface area (Å²) in [5.41, 5.74) is 7.05. The van der Waals surface area contributed by atoms with E-state index < -0.39 is 6.04 Å². The Labute approximate surface area is 125 Å². The highest BCUT2D eigenvalue weighted by molar-refractivity contribution is 5.83. The maximum Gasteiger partial charge on any atom is 0.239 e. The Kier molecular flexibility index (Phi) is 3.93. The first-order valence-electron chi connectivity index (χ1n) is 7.69. The van der Waals surface area contributed by atoms with Crippen LogP contribution in [0, 0.1) is 0 Å². The molecule has 0 bridgehead atoms. The van der Waals surface area contributed by atoms with E-state index in [0.29, 0.717) is 6.04 Å². The number of likely N-dealkylation sites (tertiary alicyclic amines) is 1. The van der Waals surface area contributed by atoms with Crippen molar-refractivity contribution >= 4 is 16.7 Å². The molecule has 1 heterocycles. The van der Waals surface area contributed by atoms with E-state index in [9.17, 15) is 4.79 Å². The average Bonchev–Trinajstić information content (AvgIpc) is 2.94. The van der Waals surface area contributed by atoms with Crippen LogP contribution >= 0.6 is 0 Å². The number of carbonyl (C=O) groups is 1. The lowest BCUT2D eigenvalue weighted by Crippen LogP contribution is -2.45. The topological polar surface area (TPSA) is 46.3 Å². The van der Waals surface area contributed by atoms with Crippen molar-refractivity contribution in [3.8, 4) is 0 Å². The SMILES string of the molecule is C[C@H](N)C(=O)N1CCC[C@H]1Cc1ccc2ccccc2c1. The zero-order valence-corrected chi connectivity index (χ0v) is 12.5. The number of amides is 1. The second-order valence-corrected chi connectivity index (χ2v) is 6.00. The summed E-state index contributed by atoms with van der Waals surface area (Å²) >= 11 is 0. The van der Waals surface area contributed by atoms with Crippen LogP contribution in [-0.4, -0.2) is 29.4 Å². The lowest BCUT2D eigenvalue weighted by atomic mass is 10.00. The molecule has 3 heteroatoms. The Morgan fingerprint density at radius 1 is 1.29 bits per heavy atom. The molecule has 1 aliphatic heterocycles. The van der Waals surface area contributed by atoms with Gasteiger partial charge in [0.25, 0.3) is 0 Å². The number of rotatable bonds is 3. The Hall–Kier alpha value is -1.87. The van der Waals surface area contributed by atoms with E-state index in [1.54, 1.807) is 6.92 Å². The normalized spacial score (nSPS) is 19.9. The first-order valence-corrected chi connectivity index (χ1v) is 7.69. The van der Waals surface area contributed by atoms with Crippen LogP contribution in [-0.2, 0) is 11.2 Å². The summed E-state index contributed by atoms with van der Waals surface area (Å²) in [5, 5.41) is 2.52. The fraction of sp³-hybridized carbons (Fsp3) is 0.389. The van der Waals surface area contributed by atoms with Crippen molar-refractivity contribution in [2.75, 3.05) is 6.54 Å². The van der Waals surface area contributed by atoms with Crippen molar-refractivity contribution in [2.24, 2.45) is 5.73 Å². The van der Waals surface area contributed by atoms with Crippen molar-refractivity contribution < 1.29 is 4.79 Å². The molecule has 0 saturated carbocycles. The third-order valence-corrected chi connectivity index (χ3v) is 4.33. The number of nitrogens with two attached hydrogens (primary N) is 1. The lowest BCUT2D eigenvalue weighted by Gasteiger charge is -2.26. The van der Waals surface area contributed by atoms with Crippen molar-refractivity contribution in [3.05, 3.63) is 48.0 Å². The minimum Gasteiger partial charge on any atom is -0.338 e. The maximum atomic E-state index is 12.2. The van der Waals surface area contributed by atoms with E-state index in [-0.39, 0.29) is 5.91 Å². The second kappa shape index (κ2) is 5.86. The third-order valence-electron chi connectivity index (χ3n) is 4.33. The van der Waals surface area contributed by atoms with Gasteiger partial charge in [-0.2, -0.15) is 0 Å². The van der Waals surface area contributed by atoms with Gasteiger partial charge in [-0.3, -0.25) is 4.79 Å². The molecule has 1 aliphatic rings. The van der Waals surface area contributed by atoms with Crippen LogP contribution in [0.15, 0.2) is 42.5 Å².